The van der Waals surface area contributed by atoms with Crippen LogP contribution in [0.2, 0.25) is 0 Å². The number of nitrogens with zero attached hydrogens (tertiary/aromatic N) is 5. The van der Waals surface area contributed by atoms with Crippen LogP contribution in [0.3, 0.4) is 0 Å². The zero-order valence-corrected chi connectivity index (χ0v) is 22.0. The van der Waals surface area contributed by atoms with Crippen LogP contribution in [0.5, 0.6) is 0 Å². The fourth-order valence-corrected chi connectivity index (χ4v) is 4.64. The predicted octanol–water partition coefficient (Wildman–Crippen LogP) is 6.10. The minimum absolute atomic E-state index is 0.0667. The van der Waals surface area contributed by atoms with E-state index < -0.39 is 17.6 Å². The van der Waals surface area contributed by atoms with E-state index in [4.69, 9.17) is 0 Å². The number of aromatic nitrogens is 4. The van der Waals surface area contributed by atoms with Crippen molar-refractivity contribution in [1.29, 1.82) is 0 Å². The summed E-state index contributed by atoms with van der Waals surface area (Å²) in [5.74, 6) is 0.652. The quantitative estimate of drug-likeness (QED) is 0.289. The molecule has 0 saturated carbocycles. The summed E-state index contributed by atoms with van der Waals surface area (Å²) in [6.45, 7) is 5.69. The van der Waals surface area contributed by atoms with Gasteiger partial charge in [-0.1, -0.05) is 19.1 Å². The molecule has 0 unspecified atom stereocenters. The molecular weight excluding hydrogens is 519 g/mol. The monoisotopic (exact) mass is 547 g/mol. The number of amides is 1. The van der Waals surface area contributed by atoms with Crippen LogP contribution in [-0.2, 0) is 12.7 Å². The summed E-state index contributed by atoms with van der Waals surface area (Å²) < 4.78 is 41.8. The molecule has 1 fully saturated rings. The molecule has 0 radical (unpaired) electrons. The van der Waals surface area contributed by atoms with Crippen molar-refractivity contribution in [1.82, 2.24) is 24.8 Å². The van der Waals surface area contributed by atoms with Crippen molar-refractivity contribution in [3.05, 3.63) is 89.5 Å². The number of rotatable bonds is 7. The Morgan fingerprint density at radius 1 is 1.05 bits per heavy atom. The minimum atomic E-state index is -4.57. The van der Waals surface area contributed by atoms with Gasteiger partial charge in [-0.3, -0.25) is 9.69 Å². The lowest BCUT2D eigenvalue weighted by Gasteiger charge is -2.20. The zero-order chi connectivity index (χ0) is 28.3. The first-order valence-corrected chi connectivity index (χ1v) is 12.9. The van der Waals surface area contributed by atoms with Crippen LogP contribution in [0, 0.1) is 12.8 Å². The highest BCUT2D eigenvalue weighted by atomic mass is 19.4. The van der Waals surface area contributed by atoms with Crippen molar-refractivity contribution in [2.45, 2.75) is 33.0 Å². The molecule has 3 heterocycles. The van der Waals surface area contributed by atoms with Gasteiger partial charge in [-0.15, -0.1) is 0 Å². The normalized spacial score (nSPS) is 15.7. The summed E-state index contributed by atoms with van der Waals surface area (Å²) >= 11 is 0. The van der Waals surface area contributed by atoms with Gasteiger partial charge in [-0.05, 0) is 67.3 Å². The second-order valence-electron chi connectivity index (χ2n) is 9.98. The highest BCUT2D eigenvalue weighted by molar-refractivity contribution is 6.04. The van der Waals surface area contributed by atoms with Crippen molar-refractivity contribution in [2.75, 3.05) is 23.7 Å². The third-order valence-corrected chi connectivity index (χ3v) is 6.80. The molecule has 2 N–H and O–H groups in total. The van der Waals surface area contributed by atoms with Crippen molar-refractivity contribution < 1.29 is 18.0 Å². The van der Waals surface area contributed by atoms with E-state index in [1.165, 1.54) is 12.1 Å². The van der Waals surface area contributed by atoms with Gasteiger partial charge in [-0.2, -0.15) is 13.2 Å². The zero-order valence-electron chi connectivity index (χ0n) is 22.0. The molecule has 1 saturated heterocycles. The number of likely N-dealkylation sites (tertiary alicyclic amines) is 1. The minimum Gasteiger partial charge on any atom is -0.324 e. The van der Waals surface area contributed by atoms with Crippen LogP contribution in [-0.4, -0.2) is 43.8 Å². The lowest BCUT2D eigenvalue weighted by molar-refractivity contribution is -0.138. The number of carbonyl (C=O) groups is 1. The van der Waals surface area contributed by atoms with Crippen molar-refractivity contribution >= 4 is 23.2 Å². The molecule has 1 atom stereocenters. The first-order valence-electron chi connectivity index (χ1n) is 12.9. The van der Waals surface area contributed by atoms with Gasteiger partial charge in [0.2, 0.25) is 5.95 Å². The van der Waals surface area contributed by atoms with E-state index in [0.717, 1.165) is 31.1 Å². The molecule has 0 spiro atoms. The Kier molecular flexibility index (Phi) is 7.74. The lowest BCUT2D eigenvalue weighted by Crippen LogP contribution is -2.23. The smallest absolute Gasteiger partial charge is 0.324 e. The molecule has 1 aliphatic heterocycles. The standard InChI is InChI=1S/C29H28F3N7O/c1-18-8-11-39(16-18)17-21-6-5-20(12-24(21)29(30,31)32)27(40)37-23-7-4-19(2)25(13-23)38-28-35-14-22(15-36-28)26-33-9-3-10-34-26/h3-7,9-10,12-15,18H,8,11,16-17H2,1-2H3,(H,37,40)(H,35,36,38)/t18-/m0/s1. The maximum Gasteiger partial charge on any atom is 0.416 e. The molecule has 11 heteroatoms. The number of nitrogens with one attached hydrogen (secondary N) is 2. The largest absolute Gasteiger partial charge is 0.416 e. The summed E-state index contributed by atoms with van der Waals surface area (Å²) in [5.41, 5.74) is 1.88. The fourth-order valence-electron chi connectivity index (χ4n) is 4.64. The number of benzene rings is 2. The molecule has 4 aromatic rings. The molecule has 206 valence electrons. The summed E-state index contributed by atoms with van der Waals surface area (Å²) in [7, 11) is 0. The Balaban J connectivity index is 1.30. The average Bonchev–Trinajstić information content (AvgIpc) is 3.35. The number of anilines is 3. The number of alkyl halides is 3. The molecule has 5 rings (SSSR count). The van der Waals surface area contributed by atoms with E-state index in [1.807, 2.05) is 11.8 Å². The number of carbonyl (C=O) groups excluding carboxylic acids is 1. The molecule has 40 heavy (non-hydrogen) atoms. The van der Waals surface area contributed by atoms with Gasteiger partial charge >= 0.3 is 6.18 Å². The number of aryl methyl sites for hydroxylation is 1. The average molecular weight is 548 g/mol. The first kappa shape index (κ1) is 27.2. The lowest BCUT2D eigenvalue weighted by atomic mass is 10.0. The molecular formula is C29H28F3N7O. The summed E-state index contributed by atoms with van der Waals surface area (Å²) in [6, 6.07) is 10.6. The molecule has 1 aliphatic rings. The Hall–Kier alpha value is -4.38. The Bertz CT molecular complexity index is 1490. The Morgan fingerprint density at radius 2 is 1.80 bits per heavy atom. The van der Waals surface area contributed by atoms with Crippen LogP contribution < -0.4 is 10.6 Å². The van der Waals surface area contributed by atoms with Gasteiger partial charge in [0.1, 0.15) is 0 Å². The molecule has 0 bridgehead atoms. The first-order chi connectivity index (χ1) is 19.2. The third kappa shape index (κ3) is 6.42. The molecule has 8 nitrogen and oxygen atoms in total. The van der Waals surface area contributed by atoms with E-state index in [0.29, 0.717) is 34.6 Å². The van der Waals surface area contributed by atoms with E-state index in [1.54, 1.807) is 49.1 Å². The number of hydrogen-bond acceptors (Lipinski definition) is 7. The molecule has 0 aliphatic carbocycles. The SMILES string of the molecule is Cc1ccc(NC(=O)c2ccc(CN3CC[C@H](C)C3)c(C(F)(F)F)c2)cc1Nc1ncc(-c2ncccn2)cn1. The van der Waals surface area contributed by atoms with Crippen LogP contribution in [0.4, 0.5) is 30.5 Å². The van der Waals surface area contributed by atoms with Crippen molar-refractivity contribution in [3.63, 3.8) is 0 Å². The van der Waals surface area contributed by atoms with Gasteiger partial charge < -0.3 is 10.6 Å². The highest BCUT2D eigenvalue weighted by Crippen LogP contribution is 2.34. The van der Waals surface area contributed by atoms with Gasteiger partial charge in [-0.25, -0.2) is 19.9 Å². The Morgan fingerprint density at radius 3 is 2.48 bits per heavy atom. The van der Waals surface area contributed by atoms with Crippen molar-refractivity contribution in [2.24, 2.45) is 5.92 Å². The summed E-state index contributed by atoms with van der Waals surface area (Å²) in [5, 5.41) is 5.82. The van der Waals surface area contributed by atoms with E-state index in [2.05, 4.69) is 37.5 Å². The van der Waals surface area contributed by atoms with Gasteiger partial charge in [0.15, 0.2) is 5.82 Å². The second-order valence-corrected chi connectivity index (χ2v) is 9.98. The second kappa shape index (κ2) is 11.4. The predicted molar refractivity (Wildman–Crippen MR) is 146 cm³/mol. The third-order valence-electron chi connectivity index (χ3n) is 6.80. The molecule has 2 aromatic heterocycles. The van der Waals surface area contributed by atoms with E-state index in [9.17, 15) is 18.0 Å². The Labute approximate surface area is 229 Å². The summed E-state index contributed by atoms with van der Waals surface area (Å²) in [6.07, 6.45) is 2.85. The number of hydrogen-bond donors (Lipinski definition) is 2. The topological polar surface area (TPSA) is 95.9 Å². The molecule has 1 amide bonds. The van der Waals surface area contributed by atoms with Crippen LogP contribution >= 0.6 is 0 Å². The van der Waals surface area contributed by atoms with Crippen LogP contribution in [0.25, 0.3) is 11.4 Å². The fraction of sp³-hybridized carbons (Fsp3) is 0.276. The van der Waals surface area contributed by atoms with Gasteiger partial charge in [0.05, 0.1) is 11.1 Å². The van der Waals surface area contributed by atoms with Gasteiger partial charge in [0, 0.05) is 54.8 Å². The maximum absolute atomic E-state index is 13.9. The number of halogens is 3. The highest BCUT2D eigenvalue weighted by Gasteiger charge is 2.35. The van der Waals surface area contributed by atoms with Crippen LogP contribution in [0.15, 0.2) is 67.3 Å². The van der Waals surface area contributed by atoms with Gasteiger partial charge in [0.25, 0.3) is 5.91 Å². The van der Waals surface area contributed by atoms with Crippen molar-refractivity contribution in [3.8, 4) is 11.4 Å². The molecule has 2 aromatic carbocycles. The summed E-state index contributed by atoms with van der Waals surface area (Å²) in [4.78, 5) is 32.0. The van der Waals surface area contributed by atoms with E-state index in [-0.39, 0.29) is 17.7 Å². The van der Waals surface area contributed by atoms with E-state index >= 15 is 0 Å². The van der Waals surface area contributed by atoms with Crippen LogP contribution in [0.1, 0.15) is 40.4 Å². The maximum atomic E-state index is 13.9.